The molecule has 8 heteroatoms. The van der Waals surface area contributed by atoms with Gasteiger partial charge < -0.3 is 15.0 Å². The number of amides is 2. The highest BCUT2D eigenvalue weighted by atomic mass is 32.1. The van der Waals surface area contributed by atoms with Gasteiger partial charge in [-0.1, -0.05) is 18.2 Å². The number of benzene rings is 1. The van der Waals surface area contributed by atoms with Crippen LogP contribution in [0.4, 0.5) is 0 Å². The second kappa shape index (κ2) is 8.89. The van der Waals surface area contributed by atoms with Gasteiger partial charge in [0.05, 0.1) is 23.4 Å². The number of nitrogens with one attached hydrogen (secondary N) is 1. The number of nitrogens with zero attached hydrogens (tertiary/aromatic N) is 3. The zero-order valence-corrected chi connectivity index (χ0v) is 17.9. The molecule has 156 valence electrons. The fourth-order valence-electron chi connectivity index (χ4n) is 3.83. The zero-order valence-electron chi connectivity index (χ0n) is 17.1. The SMILES string of the molecule is COCCNC(=O)c1sc2ccccc2c1C1CCN(C(=O)c2cnc(C)cn2)C1. The molecule has 0 bridgehead atoms. The van der Waals surface area contributed by atoms with Crippen LogP contribution in [0, 0.1) is 6.92 Å². The third-order valence-electron chi connectivity index (χ3n) is 5.32. The lowest BCUT2D eigenvalue weighted by atomic mass is 9.95. The quantitative estimate of drug-likeness (QED) is 0.615. The van der Waals surface area contributed by atoms with Crippen molar-refractivity contribution in [3.8, 4) is 0 Å². The molecule has 1 unspecified atom stereocenters. The maximum absolute atomic E-state index is 12.9. The van der Waals surface area contributed by atoms with Gasteiger partial charge in [0.25, 0.3) is 11.8 Å². The molecule has 1 aliphatic heterocycles. The smallest absolute Gasteiger partial charge is 0.274 e. The highest BCUT2D eigenvalue weighted by Crippen LogP contribution is 2.40. The van der Waals surface area contributed by atoms with Crippen molar-refractivity contribution in [2.75, 3.05) is 33.4 Å². The van der Waals surface area contributed by atoms with Crippen molar-refractivity contribution in [3.63, 3.8) is 0 Å². The Hall–Kier alpha value is -2.84. The first kappa shape index (κ1) is 20.4. The second-order valence-electron chi connectivity index (χ2n) is 7.37. The molecule has 1 atom stereocenters. The van der Waals surface area contributed by atoms with E-state index in [4.69, 9.17) is 4.74 Å². The summed E-state index contributed by atoms with van der Waals surface area (Å²) in [5.74, 6) is -0.0975. The highest BCUT2D eigenvalue weighted by molar-refractivity contribution is 7.21. The van der Waals surface area contributed by atoms with Crippen LogP contribution in [0.5, 0.6) is 0 Å². The van der Waals surface area contributed by atoms with E-state index in [0.29, 0.717) is 31.9 Å². The van der Waals surface area contributed by atoms with Gasteiger partial charge in [0.15, 0.2) is 0 Å². The van der Waals surface area contributed by atoms with Crippen molar-refractivity contribution in [3.05, 3.63) is 58.5 Å². The number of carbonyl (C=O) groups excluding carboxylic acids is 2. The van der Waals surface area contributed by atoms with Gasteiger partial charge in [0.1, 0.15) is 5.69 Å². The molecule has 1 aliphatic rings. The topological polar surface area (TPSA) is 84.4 Å². The molecule has 30 heavy (non-hydrogen) atoms. The monoisotopic (exact) mass is 424 g/mol. The summed E-state index contributed by atoms with van der Waals surface area (Å²) in [6.45, 7) is 3.97. The van der Waals surface area contributed by atoms with Crippen molar-refractivity contribution in [2.45, 2.75) is 19.3 Å². The van der Waals surface area contributed by atoms with Gasteiger partial charge in [-0.25, -0.2) is 4.98 Å². The normalized spacial score (nSPS) is 16.2. The van der Waals surface area contributed by atoms with Crippen molar-refractivity contribution in [2.24, 2.45) is 0 Å². The van der Waals surface area contributed by atoms with E-state index >= 15 is 0 Å². The Labute approximate surface area is 179 Å². The number of hydrogen-bond acceptors (Lipinski definition) is 6. The van der Waals surface area contributed by atoms with Gasteiger partial charge in [0.2, 0.25) is 0 Å². The van der Waals surface area contributed by atoms with E-state index < -0.39 is 0 Å². The van der Waals surface area contributed by atoms with Crippen LogP contribution >= 0.6 is 11.3 Å². The molecule has 2 amide bonds. The summed E-state index contributed by atoms with van der Waals surface area (Å²) in [6, 6.07) is 8.07. The van der Waals surface area contributed by atoms with Crippen molar-refractivity contribution in [1.29, 1.82) is 0 Å². The molecule has 3 heterocycles. The number of likely N-dealkylation sites (tertiary alicyclic amines) is 1. The fraction of sp³-hybridized carbons (Fsp3) is 0.364. The Kier molecular flexibility index (Phi) is 6.06. The summed E-state index contributed by atoms with van der Waals surface area (Å²) in [5, 5.41) is 4.03. The van der Waals surface area contributed by atoms with Gasteiger partial charge in [-0.2, -0.15) is 0 Å². The Morgan fingerprint density at radius 2 is 2.10 bits per heavy atom. The summed E-state index contributed by atoms with van der Waals surface area (Å²) in [7, 11) is 1.61. The number of aromatic nitrogens is 2. The number of rotatable bonds is 6. The Bertz CT molecular complexity index is 1060. The molecule has 0 saturated carbocycles. The molecule has 1 saturated heterocycles. The minimum absolute atomic E-state index is 0.0857. The maximum atomic E-state index is 12.9. The van der Waals surface area contributed by atoms with E-state index in [2.05, 4.69) is 21.4 Å². The van der Waals surface area contributed by atoms with Crippen LogP contribution < -0.4 is 5.32 Å². The summed E-state index contributed by atoms with van der Waals surface area (Å²) >= 11 is 1.51. The number of ether oxygens (including phenoxy) is 1. The molecule has 3 aromatic rings. The fourth-order valence-corrected chi connectivity index (χ4v) is 5.04. The molecule has 4 rings (SSSR count). The summed E-state index contributed by atoms with van der Waals surface area (Å²) in [6.07, 6.45) is 3.94. The number of hydrogen-bond donors (Lipinski definition) is 1. The molecular weight excluding hydrogens is 400 g/mol. The lowest BCUT2D eigenvalue weighted by Gasteiger charge is -2.17. The number of thiophene rings is 1. The Balaban J connectivity index is 1.59. The van der Waals surface area contributed by atoms with Crippen LogP contribution in [0.2, 0.25) is 0 Å². The predicted molar refractivity (Wildman–Crippen MR) is 116 cm³/mol. The Morgan fingerprint density at radius 3 is 2.87 bits per heavy atom. The molecule has 7 nitrogen and oxygen atoms in total. The maximum Gasteiger partial charge on any atom is 0.274 e. The minimum atomic E-state index is -0.115. The van der Waals surface area contributed by atoms with Gasteiger partial charge in [-0.3, -0.25) is 14.6 Å². The van der Waals surface area contributed by atoms with Crippen LogP contribution in [0.25, 0.3) is 10.1 Å². The van der Waals surface area contributed by atoms with Crippen molar-refractivity contribution >= 4 is 33.2 Å². The van der Waals surface area contributed by atoms with Gasteiger partial charge in [-0.05, 0) is 30.4 Å². The van der Waals surface area contributed by atoms with E-state index in [1.54, 1.807) is 13.3 Å². The van der Waals surface area contributed by atoms with Gasteiger partial charge in [-0.15, -0.1) is 11.3 Å². The highest BCUT2D eigenvalue weighted by Gasteiger charge is 2.33. The number of fused-ring (bicyclic) bond motifs is 1. The van der Waals surface area contributed by atoms with E-state index in [0.717, 1.165) is 32.6 Å². The number of carbonyl (C=O) groups is 2. The zero-order chi connectivity index (χ0) is 21.1. The van der Waals surface area contributed by atoms with Gasteiger partial charge >= 0.3 is 0 Å². The van der Waals surface area contributed by atoms with Crippen molar-refractivity contribution in [1.82, 2.24) is 20.2 Å². The molecule has 1 fully saturated rings. The first-order chi connectivity index (χ1) is 14.6. The third-order valence-corrected chi connectivity index (χ3v) is 6.50. The van der Waals surface area contributed by atoms with Crippen LogP contribution in [0.1, 0.15) is 43.8 Å². The lowest BCUT2D eigenvalue weighted by molar-refractivity contribution is 0.0784. The summed E-state index contributed by atoms with van der Waals surface area (Å²) in [5.41, 5.74) is 2.17. The largest absolute Gasteiger partial charge is 0.383 e. The van der Waals surface area contributed by atoms with Crippen LogP contribution in [-0.4, -0.2) is 60.0 Å². The predicted octanol–water partition coefficient (Wildman–Crippen LogP) is 3.01. The van der Waals surface area contributed by atoms with Crippen LogP contribution in [0.15, 0.2) is 36.7 Å². The number of methoxy groups -OCH3 is 1. The van der Waals surface area contributed by atoms with Crippen LogP contribution in [0.3, 0.4) is 0 Å². The average Bonchev–Trinajstić information content (AvgIpc) is 3.38. The Morgan fingerprint density at radius 1 is 1.27 bits per heavy atom. The summed E-state index contributed by atoms with van der Waals surface area (Å²) < 4.78 is 6.12. The molecule has 0 radical (unpaired) electrons. The van der Waals surface area contributed by atoms with Gasteiger partial charge in [0, 0.05) is 43.6 Å². The molecular formula is C22H24N4O3S. The first-order valence-corrected chi connectivity index (χ1v) is 10.8. The third kappa shape index (κ3) is 4.06. The van der Waals surface area contributed by atoms with Crippen LogP contribution in [-0.2, 0) is 4.74 Å². The molecule has 2 aromatic heterocycles. The van der Waals surface area contributed by atoms with E-state index in [9.17, 15) is 9.59 Å². The molecule has 0 spiro atoms. The summed E-state index contributed by atoms with van der Waals surface area (Å²) in [4.78, 5) is 36.7. The van der Waals surface area contributed by atoms with E-state index in [-0.39, 0.29) is 17.7 Å². The first-order valence-electron chi connectivity index (χ1n) is 9.95. The number of aryl methyl sites for hydroxylation is 1. The van der Waals surface area contributed by atoms with E-state index in [1.807, 2.05) is 30.0 Å². The standard InChI is InChI=1S/C22H24N4O3S/c1-14-11-25-17(12-24-14)22(28)26-9-7-15(13-26)19-16-5-3-4-6-18(16)30-20(19)21(27)23-8-10-29-2/h3-6,11-12,15H,7-10,13H2,1-2H3,(H,23,27). The second-order valence-corrected chi connectivity index (χ2v) is 8.42. The lowest BCUT2D eigenvalue weighted by Crippen LogP contribution is -2.30. The van der Waals surface area contributed by atoms with E-state index in [1.165, 1.54) is 17.5 Å². The van der Waals surface area contributed by atoms with Crippen molar-refractivity contribution < 1.29 is 14.3 Å². The molecule has 0 aliphatic carbocycles. The molecule has 1 N–H and O–H groups in total. The molecule has 1 aromatic carbocycles. The average molecular weight is 425 g/mol. The minimum Gasteiger partial charge on any atom is -0.383 e.